The number of aromatic nitrogens is 3. The summed E-state index contributed by atoms with van der Waals surface area (Å²) >= 11 is 6.11. The molecule has 3 aromatic rings. The first-order valence-corrected chi connectivity index (χ1v) is 9.11. The number of aliphatic hydroxyl groups is 1. The van der Waals surface area contributed by atoms with E-state index in [0.29, 0.717) is 21.5 Å². The van der Waals surface area contributed by atoms with Crippen LogP contribution in [0.25, 0.3) is 10.9 Å². The lowest BCUT2D eigenvalue weighted by Crippen LogP contribution is -2.14. The third kappa shape index (κ3) is 3.32. The molecule has 0 amide bonds. The number of aliphatic hydroxyl groups excluding tert-OH is 1. The van der Waals surface area contributed by atoms with E-state index in [9.17, 15) is 13.5 Å². The van der Waals surface area contributed by atoms with Crippen LogP contribution in [-0.2, 0) is 16.6 Å². The fraction of sp³-hybridized carbons (Fsp3) is 0.200. The van der Waals surface area contributed by atoms with Gasteiger partial charge in [-0.05, 0) is 19.1 Å². The zero-order chi connectivity index (χ0) is 18.2. The van der Waals surface area contributed by atoms with Gasteiger partial charge in [0.25, 0.3) is 10.0 Å². The van der Waals surface area contributed by atoms with Crippen molar-refractivity contribution in [1.29, 1.82) is 5.26 Å². The summed E-state index contributed by atoms with van der Waals surface area (Å²) in [7, 11) is -3.89. The topological polar surface area (TPSA) is 124 Å². The lowest BCUT2D eigenvalue weighted by molar-refractivity contribution is 0.168. The minimum absolute atomic E-state index is 0.0386. The Balaban J connectivity index is 1.98. The number of fused-ring (bicyclic) bond motifs is 1. The zero-order valence-corrected chi connectivity index (χ0v) is 14.6. The van der Waals surface area contributed by atoms with Gasteiger partial charge in [0.05, 0.1) is 40.6 Å². The van der Waals surface area contributed by atoms with Gasteiger partial charge in [-0.1, -0.05) is 11.6 Å². The lowest BCUT2D eigenvalue weighted by atomic mass is 10.1. The molecule has 8 nitrogen and oxygen atoms in total. The van der Waals surface area contributed by atoms with Gasteiger partial charge in [0, 0.05) is 17.8 Å². The Kier molecular flexibility index (Phi) is 4.43. The van der Waals surface area contributed by atoms with Crippen LogP contribution in [0.2, 0.25) is 5.02 Å². The van der Waals surface area contributed by atoms with Crippen molar-refractivity contribution in [3.8, 4) is 6.07 Å². The van der Waals surface area contributed by atoms with Crippen LogP contribution < -0.4 is 4.72 Å². The van der Waals surface area contributed by atoms with Crippen molar-refractivity contribution in [3.05, 3.63) is 41.3 Å². The molecule has 0 bridgehead atoms. The standard InChI is InChI=1S/C15H14ClN5O3S/c1-9(22)7-21-8-11(6-19-21)25(23,24)20-13-3-2-12(16)14-10(4-17)5-18-15(13)14/h2-3,5-6,8-9,18,20,22H,7H2,1H3/t9-/m0/s1. The highest BCUT2D eigenvalue weighted by molar-refractivity contribution is 7.92. The zero-order valence-electron chi connectivity index (χ0n) is 13.1. The summed E-state index contributed by atoms with van der Waals surface area (Å²) in [5.74, 6) is 0. The number of aromatic amines is 1. The molecule has 0 unspecified atom stereocenters. The Morgan fingerprint density at radius 2 is 2.28 bits per heavy atom. The van der Waals surface area contributed by atoms with Gasteiger partial charge < -0.3 is 10.1 Å². The monoisotopic (exact) mass is 379 g/mol. The van der Waals surface area contributed by atoms with Crippen LogP contribution in [0, 0.1) is 11.3 Å². The normalized spacial score (nSPS) is 12.9. The van der Waals surface area contributed by atoms with E-state index in [4.69, 9.17) is 16.9 Å². The molecule has 1 aromatic carbocycles. The Morgan fingerprint density at radius 1 is 1.52 bits per heavy atom. The maximum atomic E-state index is 12.6. The SMILES string of the molecule is C[C@H](O)Cn1cc(S(=O)(=O)Nc2ccc(Cl)c3c(C#N)c[nH]c23)cn1. The maximum absolute atomic E-state index is 12.6. The number of anilines is 1. The average Bonchev–Trinajstić information content (AvgIpc) is 3.17. The molecule has 0 radical (unpaired) electrons. The fourth-order valence-corrected chi connectivity index (χ4v) is 3.72. The molecule has 0 aliphatic carbocycles. The van der Waals surface area contributed by atoms with Gasteiger partial charge in [0.2, 0.25) is 0 Å². The number of sulfonamides is 1. The summed E-state index contributed by atoms with van der Waals surface area (Å²) in [6.07, 6.45) is 3.35. The van der Waals surface area contributed by atoms with Crippen molar-refractivity contribution >= 4 is 38.2 Å². The first kappa shape index (κ1) is 17.3. The largest absolute Gasteiger partial charge is 0.391 e. The minimum atomic E-state index is -3.89. The highest BCUT2D eigenvalue weighted by Crippen LogP contribution is 2.32. The Hall–Kier alpha value is -2.54. The van der Waals surface area contributed by atoms with Crippen molar-refractivity contribution in [1.82, 2.24) is 14.8 Å². The maximum Gasteiger partial charge on any atom is 0.265 e. The van der Waals surface area contributed by atoms with Gasteiger partial charge in [-0.2, -0.15) is 10.4 Å². The van der Waals surface area contributed by atoms with Gasteiger partial charge in [-0.25, -0.2) is 8.42 Å². The Bertz CT molecular complexity index is 1080. The summed E-state index contributed by atoms with van der Waals surface area (Å²) in [6.45, 7) is 1.76. The number of hydrogen-bond acceptors (Lipinski definition) is 5. The first-order chi connectivity index (χ1) is 11.8. The van der Waals surface area contributed by atoms with Crippen LogP contribution in [-0.4, -0.2) is 34.4 Å². The third-order valence-electron chi connectivity index (χ3n) is 3.52. The molecule has 0 aliphatic heterocycles. The molecule has 0 saturated carbocycles. The molecule has 10 heteroatoms. The van der Waals surface area contributed by atoms with Crippen LogP contribution in [0.5, 0.6) is 0 Å². The molecule has 3 N–H and O–H groups in total. The number of rotatable bonds is 5. The number of H-pyrrole nitrogens is 1. The van der Waals surface area contributed by atoms with Crippen molar-refractivity contribution in [2.45, 2.75) is 24.5 Å². The summed E-state index contributed by atoms with van der Waals surface area (Å²) in [5, 5.41) is 23.2. The van der Waals surface area contributed by atoms with Gasteiger partial charge >= 0.3 is 0 Å². The second kappa shape index (κ2) is 6.40. The van der Waals surface area contributed by atoms with Crippen molar-refractivity contribution in [2.24, 2.45) is 0 Å². The minimum Gasteiger partial charge on any atom is -0.391 e. The van der Waals surface area contributed by atoms with Gasteiger partial charge in [0.15, 0.2) is 0 Å². The van der Waals surface area contributed by atoms with Crippen LogP contribution in [0.4, 0.5) is 5.69 Å². The molecule has 2 aromatic heterocycles. The molecule has 0 aliphatic rings. The predicted molar refractivity (Wildman–Crippen MR) is 92.7 cm³/mol. The number of hydrogen-bond donors (Lipinski definition) is 3. The van der Waals surface area contributed by atoms with Crippen molar-refractivity contribution < 1.29 is 13.5 Å². The van der Waals surface area contributed by atoms with Gasteiger partial charge in [-0.15, -0.1) is 0 Å². The molecule has 2 heterocycles. The highest BCUT2D eigenvalue weighted by Gasteiger charge is 2.20. The van der Waals surface area contributed by atoms with E-state index in [2.05, 4.69) is 14.8 Å². The van der Waals surface area contributed by atoms with Crippen LogP contribution in [0.15, 0.2) is 35.6 Å². The number of benzene rings is 1. The molecule has 130 valence electrons. The molecule has 0 spiro atoms. The van der Waals surface area contributed by atoms with E-state index in [1.165, 1.54) is 35.4 Å². The van der Waals surface area contributed by atoms with E-state index >= 15 is 0 Å². The van der Waals surface area contributed by atoms with Crippen LogP contribution >= 0.6 is 11.6 Å². The molecular weight excluding hydrogens is 366 g/mol. The number of nitrogens with one attached hydrogen (secondary N) is 2. The summed E-state index contributed by atoms with van der Waals surface area (Å²) in [5.41, 5.74) is 1.01. The molecule has 3 rings (SSSR count). The Morgan fingerprint density at radius 3 is 2.96 bits per heavy atom. The first-order valence-electron chi connectivity index (χ1n) is 7.25. The van der Waals surface area contributed by atoms with Gasteiger partial charge in [0.1, 0.15) is 11.0 Å². The molecule has 25 heavy (non-hydrogen) atoms. The summed E-state index contributed by atoms with van der Waals surface area (Å²) in [6, 6.07) is 5.04. The second-order valence-electron chi connectivity index (χ2n) is 5.51. The molecule has 1 atom stereocenters. The predicted octanol–water partition coefficient (Wildman–Crippen LogP) is 2.07. The Labute approximate surface area is 148 Å². The average molecular weight is 380 g/mol. The smallest absolute Gasteiger partial charge is 0.265 e. The molecule has 0 saturated heterocycles. The van der Waals surface area contributed by atoms with E-state index < -0.39 is 16.1 Å². The highest BCUT2D eigenvalue weighted by atomic mass is 35.5. The van der Waals surface area contributed by atoms with Gasteiger partial charge in [-0.3, -0.25) is 9.40 Å². The summed E-state index contributed by atoms with van der Waals surface area (Å²) in [4.78, 5) is 2.83. The second-order valence-corrected chi connectivity index (χ2v) is 7.60. The number of halogens is 1. The van der Waals surface area contributed by atoms with Crippen molar-refractivity contribution in [3.63, 3.8) is 0 Å². The fourth-order valence-electron chi connectivity index (χ4n) is 2.44. The summed E-state index contributed by atoms with van der Waals surface area (Å²) < 4.78 is 28.9. The van der Waals surface area contributed by atoms with E-state index in [1.807, 2.05) is 6.07 Å². The van der Waals surface area contributed by atoms with Crippen LogP contribution in [0.3, 0.4) is 0 Å². The molecule has 0 fully saturated rings. The number of nitrogens with zero attached hydrogens (tertiary/aromatic N) is 3. The van der Waals surface area contributed by atoms with Crippen molar-refractivity contribution in [2.75, 3.05) is 4.72 Å². The van der Waals surface area contributed by atoms with Crippen LogP contribution in [0.1, 0.15) is 12.5 Å². The van der Waals surface area contributed by atoms with E-state index in [-0.39, 0.29) is 17.1 Å². The van der Waals surface area contributed by atoms with E-state index in [1.54, 1.807) is 6.92 Å². The quantitative estimate of drug-likeness (QED) is 0.626. The third-order valence-corrected chi connectivity index (χ3v) is 5.16. The van der Waals surface area contributed by atoms with E-state index in [0.717, 1.165) is 0 Å². The molecular formula is C15H14ClN5O3S. The lowest BCUT2D eigenvalue weighted by Gasteiger charge is -2.08. The number of nitriles is 1.